The van der Waals surface area contributed by atoms with Crippen LogP contribution < -0.4 is 11.3 Å². The number of hydrogen-bond acceptors (Lipinski definition) is 3. The molecule has 2 rings (SSSR count). The van der Waals surface area contributed by atoms with E-state index in [2.05, 4.69) is 5.43 Å². The molecule has 0 saturated carbocycles. The lowest BCUT2D eigenvalue weighted by molar-refractivity contribution is 0.382. The minimum Gasteiger partial charge on any atom is -0.271 e. The lowest BCUT2D eigenvalue weighted by Crippen LogP contribution is -2.42. The standard InChI is InChI=1S/C12H16ClFN2S/c13-10-3-1-2-8(12(10)14)6-11(16-15)9-4-5-17-7-9/h1-3,9,11,16H,4-7,15H2. The highest BCUT2D eigenvalue weighted by molar-refractivity contribution is 7.99. The van der Waals surface area contributed by atoms with Crippen molar-refractivity contribution in [1.29, 1.82) is 0 Å². The number of nitrogens with one attached hydrogen (secondary N) is 1. The fourth-order valence-corrected chi connectivity index (χ4v) is 3.71. The molecule has 1 aromatic rings. The normalized spacial score (nSPS) is 21.7. The van der Waals surface area contributed by atoms with Gasteiger partial charge in [-0.2, -0.15) is 11.8 Å². The van der Waals surface area contributed by atoms with E-state index in [9.17, 15) is 4.39 Å². The summed E-state index contributed by atoms with van der Waals surface area (Å²) in [6.45, 7) is 0. The third kappa shape index (κ3) is 3.13. The van der Waals surface area contributed by atoms with Crippen molar-refractivity contribution < 1.29 is 4.39 Å². The Morgan fingerprint density at radius 3 is 3.06 bits per heavy atom. The molecule has 0 bridgehead atoms. The number of rotatable bonds is 4. The largest absolute Gasteiger partial charge is 0.271 e. The molecule has 0 amide bonds. The van der Waals surface area contributed by atoms with Gasteiger partial charge in [0.15, 0.2) is 0 Å². The van der Waals surface area contributed by atoms with Crippen molar-refractivity contribution in [1.82, 2.24) is 5.43 Å². The Bertz CT molecular complexity index is 383. The van der Waals surface area contributed by atoms with Crippen LogP contribution in [0.3, 0.4) is 0 Å². The Hall–Kier alpha value is -0.290. The van der Waals surface area contributed by atoms with Crippen molar-refractivity contribution in [2.75, 3.05) is 11.5 Å². The number of hydrazine groups is 1. The van der Waals surface area contributed by atoms with Crippen LogP contribution in [0, 0.1) is 11.7 Å². The summed E-state index contributed by atoms with van der Waals surface area (Å²) >= 11 is 7.70. The van der Waals surface area contributed by atoms with Crippen LogP contribution in [-0.4, -0.2) is 17.5 Å². The number of thioether (sulfide) groups is 1. The summed E-state index contributed by atoms with van der Waals surface area (Å²) in [6, 6.07) is 5.24. The molecule has 1 aromatic carbocycles. The third-order valence-corrected chi connectivity index (χ3v) is 4.70. The first-order chi connectivity index (χ1) is 8.22. The minimum atomic E-state index is -0.319. The molecule has 1 aliphatic heterocycles. The smallest absolute Gasteiger partial charge is 0.145 e. The summed E-state index contributed by atoms with van der Waals surface area (Å²) in [7, 11) is 0. The third-order valence-electron chi connectivity index (χ3n) is 3.22. The fourth-order valence-electron chi connectivity index (χ4n) is 2.17. The zero-order valence-corrected chi connectivity index (χ0v) is 11.0. The number of nitrogens with two attached hydrogens (primary N) is 1. The van der Waals surface area contributed by atoms with Crippen LogP contribution >= 0.6 is 23.4 Å². The molecule has 1 fully saturated rings. The topological polar surface area (TPSA) is 38.0 Å². The Morgan fingerprint density at radius 2 is 2.41 bits per heavy atom. The van der Waals surface area contributed by atoms with Gasteiger partial charge < -0.3 is 0 Å². The van der Waals surface area contributed by atoms with Crippen LogP contribution in [0.2, 0.25) is 5.02 Å². The van der Waals surface area contributed by atoms with E-state index in [0.717, 1.165) is 12.2 Å². The summed E-state index contributed by atoms with van der Waals surface area (Å²) in [5.74, 6) is 8.03. The maximum Gasteiger partial charge on any atom is 0.145 e. The first-order valence-corrected chi connectivity index (χ1v) is 7.22. The molecule has 0 spiro atoms. The van der Waals surface area contributed by atoms with Gasteiger partial charge >= 0.3 is 0 Å². The van der Waals surface area contributed by atoms with Crippen LogP contribution in [0.5, 0.6) is 0 Å². The predicted molar refractivity (Wildman–Crippen MR) is 71.7 cm³/mol. The Balaban J connectivity index is 2.09. The molecule has 17 heavy (non-hydrogen) atoms. The van der Waals surface area contributed by atoms with Crippen molar-refractivity contribution in [3.05, 3.63) is 34.6 Å². The number of benzene rings is 1. The van der Waals surface area contributed by atoms with E-state index in [0.29, 0.717) is 17.9 Å². The average molecular weight is 275 g/mol. The maximum atomic E-state index is 13.8. The molecule has 1 saturated heterocycles. The van der Waals surface area contributed by atoms with Crippen LogP contribution in [-0.2, 0) is 6.42 Å². The monoisotopic (exact) mass is 274 g/mol. The zero-order chi connectivity index (χ0) is 12.3. The van der Waals surface area contributed by atoms with Crippen LogP contribution in [0.25, 0.3) is 0 Å². The molecule has 2 atom stereocenters. The van der Waals surface area contributed by atoms with Gasteiger partial charge in [-0.3, -0.25) is 11.3 Å². The van der Waals surface area contributed by atoms with Gasteiger partial charge in [0.25, 0.3) is 0 Å². The van der Waals surface area contributed by atoms with E-state index in [1.54, 1.807) is 18.2 Å². The highest BCUT2D eigenvalue weighted by Crippen LogP contribution is 2.28. The summed E-state index contributed by atoms with van der Waals surface area (Å²) in [6.07, 6.45) is 1.73. The molecule has 0 aromatic heterocycles. The zero-order valence-electron chi connectivity index (χ0n) is 9.46. The molecule has 0 radical (unpaired) electrons. The van der Waals surface area contributed by atoms with Gasteiger partial charge in [-0.1, -0.05) is 23.7 Å². The molecule has 2 unspecified atom stereocenters. The van der Waals surface area contributed by atoms with E-state index in [1.165, 1.54) is 5.75 Å². The second-order valence-corrected chi connectivity index (χ2v) is 5.87. The average Bonchev–Trinajstić information content (AvgIpc) is 2.85. The van der Waals surface area contributed by atoms with Gasteiger partial charge in [0.2, 0.25) is 0 Å². The molecule has 1 heterocycles. The molecule has 5 heteroatoms. The first-order valence-electron chi connectivity index (χ1n) is 5.69. The second-order valence-electron chi connectivity index (χ2n) is 4.31. The highest BCUT2D eigenvalue weighted by atomic mass is 35.5. The summed E-state index contributed by atoms with van der Waals surface area (Å²) in [4.78, 5) is 0. The van der Waals surface area contributed by atoms with Crippen LogP contribution in [0.4, 0.5) is 4.39 Å². The Kier molecular flexibility index (Phi) is 4.68. The van der Waals surface area contributed by atoms with E-state index in [-0.39, 0.29) is 16.9 Å². The van der Waals surface area contributed by atoms with Gasteiger partial charge in [0, 0.05) is 6.04 Å². The van der Waals surface area contributed by atoms with Gasteiger partial charge in [-0.05, 0) is 41.9 Å². The minimum absolute atomic E-state index is 0.123. The summed E-state index contributed by atoms with van der Waals surface area (Å²) < 4.78 is 13.8. The van der Waals surface area contributed by atoms with Crippen molar-refractivity contribution in [2.24, 2.45) is 11.8 Å². The molecule has 3 N–H and O–H groups in total. The quantitative estimate of drug-likeness (QED) is 0.655. The van der Waals surface area contributed by atoms with Gasteiger partial charge in [-0.15, -0.1) is 0 Å². The summed E-state index contributed by atoms with van der Waals surface area (Å²) in [5, 5.41) is 0.180. The fraction of sp³-hybridized carbons (Fsp3) is 0.500. The lowest BCUT2D eigenvalue weighted by Gasteiger charge is -2.22. The van der Waals surface area contributed by atoms with Gasteiger partial charge in [-0.25, -0.2) is 4.39 Å². The van der Waals surface area contributed by atoms with Crippen LogP contribution in [0.15, 0.2) is 18.2 Å². The Morgan fingerprint density at radius 1 is 1.59 bits per heavy atom. The van der Waals surface area contributed by atoms with Crippen molar-refractivity contribution in [3.63, 3.8) is 0 Å². The van der Waals surface area contributed by atoms with Crippen molar-refractivity contribution >= 4 is 23.4 Å². The molecular formula is C12H16ClFN2S. The molecule has 0 aliphatic carbocycles. The number of halogens is 2. The van der Waals surface area contributed by atoms with E-state index < -0.39 is 0 Å². The number of hydrogen-bond donors (Lipinski definition) is 2. The first kappa shape index (κ1) is 13.1. The highest BCUT2D eigenvalue weighted by Gasteiger charge is 2.25. The molecule has 2 nitrogen and oxygen atoms in total. The second kappa shape index (κ2) is 6.05. The maximum absolute atomic E-state index is 13.8. The Labute approximate surface area is 110 Å². The molecular weight excluding hydrogens is 259 g/mol. The van der Waals surface area contributed by atoms with E-state index in [1.807, 2.05) is 11.8 Å². The van der Waals surface area contributed by atoms with Crippen LogP contribution in [0.1, 0.15) is 12.0 Å². The van der Waals surface area contributed by atoms with Gasteiger partial charge in [0.1, 0.15) is 5.82 Å². The van der Waals surface area contributed by atoms with Gasteiger partial charge in [0.05, 0.1) is 5.02 Å². The van der Waals surface area contributed by atoms with E-state index in [4.69, 9.17) is 17.4 Å². The molecule has 94 valence electrons. The SMILES string of the molecule is NNC(Cc1cccc(Cl)c1F)C1CCSC1. The van der Waals surface area contributed by atoms with E-state index >= 15 is 0 Å². The summed E-state index contributed by atoms with van der Waals surface area (Å²) in [5.41, 5.74) is 3.45. The van der Waals surface area contributed by atoms with Crippen molar-refractivity contribution in [3.8, 4) is 0 Å². The molecule has 1 aliphatic rings. The van der Waals surface area contributed by atoms with Crippen molar-refractivity contribution in [2.45, 2.75) is 18.9 Å². The predicted octanol–water partition coefficient (Wildman–Crippen LogP) is 2.61. The lowest BCUT2D eigenvalue weighted by atomic mass is 9.93.